The molecule has 0 bridgehead atoms. The Balaban J connectivity index is 1.96. The third kappa shape index (κ3) is 4.05. The van der Waals surface area contributed by atoms with E-state index in [0.717, 1.165) is 43.9 Å². The third-order valence-corrected chi connectivity index (χ3v) is 3.80. The summed E-state index contributed by atoms with van der Waals surface area (Å²) in [5, 5.41) is 12.9. The highest BCUT2D eigenvalue weighted by atomic mass is 16.3. The number of aromatic nitrogens is 2. The van der Waals surface area contributed by atoms with Gasteiger partial charge in [-0.2, -0.15) is 0 Å². The Morgan fingerprint density at radius 2 is 1.90 bits per heavy atom. The van der Waals surface area contributed by atoms with E-state index in [-0.39, 0.29) is 12.0 Å². The van der Waals surface area contributed by atoms with Crippen molar-refractivity contribution in [2.75, 3.05) is 17.3 Å². The Morgan fingerprint density at radius 1 is 1.25 bits per heavy atom. The Kier molecular flexibility index (Phi) is 5.14. The number of hydrogen-bond donors (Lipinski definition) is 4. The van der Waals surface area contributed by atoms with Crippen LogP contribution in [0.5, 0.6) is 0 Å². The molecule has 112 valence electrons. The second kappa shape index (κ2) is 6.85. The molecule has 0 aromatic carbocycles. The average Bonchev–Trinajstić information content (AvgIpc) is 2.46. The van der Waals surface area contributed by atoms with Crippen molar-refractivity contribution in [3.63, 3.8) is 0 Å². The van der Waals surface area contributed by atoms with Crippen LogP contribution in [0.2, 0.25) is 0 Å². The number of anilines is 2. The molecule has 1 saturated carbocycles. The second-order valence-corrected chi connectivity index (χ2v) is 5.85. The summed E-state index contributed by atoms with van der Waals surface area (Å²) in [5.41, 5.74) is 2.58. The van der Waals surface area contributed by atoms with Gasteiger partial charge < -0.3 is 15.8 Å². The van der Waals surface area contributed by atoms with Gasteiger partial charge in [0.1, 0.15) is 17.5 Å². The molecule has 0 aliphatic heterocycles. The topological polar surface area (TPSA) is 96.1 Å². The Bertz CT molecular complexity index is 430. The molecule has 0 radical (unpaired) electrons. The van der Waals surface area contributed by atoms with E-state index in [2.05, 4.69) is 34.6 Å². The van der Waals surface area contributed by atoms with E-state index in [1.165, 1.54) is 0 Å². The van der Waals surface area contributed by atoms with Gasteiger partial charge in [0, 0.05) is 18.5 Å². The van der Waals surface area contributed by atoms with Crippen molar-refractivity contribution in [3.8, 4) is 0 Å². The zero-order chi connectivity index (χ0) is 14.5. The fourth-order valence-corrected chi connectivity index (χ4v) is 2.49. The summed E-state index contributed by atoms with van der Waals surface area (Å²) in [4.78, 5) is 8.85. The molecule has 0 saturated heterocycles. The molecule has 1 fully saturated rings. The van der Waals surface area contributed by atoms with E-state index in [1.54, 1.807) is 0 Å². The van der Waals surface area contributed by atoms with Gasteiger partial charge in [-0.1, -0.05) is 13.8 Å². The maximum Gasteiger partial charge on any atom is 0.145 e. The van der Waals surface area contributed by atoms with E-state index in [4.69, 9.17) is 5.84 Å². The normalized spacial score (nSPS) is 22.9. The number of aliphatic hydroxyl groups excluding tert-OH is 1. The predicted molar refractivity (Wildman–Crippen MR) is 80.4 cm³/mol. The quantitative estimate of drug-likeness (QED) is 0.485. The Hall–Kier alpha value is -1.40. The second-order valence-electron chi connectivity index (χ2n) is 5.85. The summed E-state index contributed by atoms with van der Waals surface area (Å²) in [6.45, 7) is 5.00. The van der Waals surface area contributed by atoms with E-state index in [0.29, 0.717) is 11.7 Å². The number of rotatable bonds is 5. The predicted octanol–water partition coefficient (Wildman–Crippen LogP) is 1.85. The van der Waals surface area contributed by atoms with Crippen LogP contribution >= 0.6 is 0 Å². The van der Waals surface area contributed by atoms with Gasteiger partial charge in [-0.15, -0.1) is 0 Å². The highest BCUT2D eigenvalue weighted by molar-refractivity contribution is 5.47. The van der Waals surface area contributed by atoms with Crippen LogP contribution in [0.1, 0.15) is 51.3 Å². The molecule has 6 nitrogen and oxygen atoms in total. The third-order valence-electron chi connectivity index (χ3n) is 3.80. The first kappa shape index (κ1) is 15.0. The van der Waals surface area contributed by atoms with Crippen molar-refractivity contribution in [3.05, 3.63) is 11.9 Å². The fraction of sp³-hybridized carbons (Fsp3) is 0.714. The minimum absolute atomic E-state index is 0.106. The molecule has 6 heteroatoms. The lowest BCUT2D eigenvalue weighted by atomic mass is 9.87. The van der Waals surface area contributed by atoms with Crippen LogP contribution in [0, 0.1) is 5.92 Å². The van der Waals surface area contributed by atoms with Gasteiger partial charge in [-0.05, 0) is 31.6 Å². The number of nitrogens with one attached hydrogen (secondary N) is 2. The SMILES string of the molecule is CC(C)c1nc(NN)cc(NCC2CCC(O)CC2)n1. The monoisotopic (exact) mass is 279 g/mol. The van der Waals surface area contributed by atoms with Crippen molar-refractivity contribution in [1.29, 1.82) is 0 Å². The Morgan fingerprint density at radius 3 is 2.50 bits per heavy atom. The summed E-state index contributed by atoms with van der Waals surface area (Å²) in [7, 11) is 0. The standard InChI is InChI=1S/C14H25N5O/c1-9(2)14-17-12(7-13(18-14)19-15)16-8-10-3-5-11(20)6-4-10/h7,9-11,20H,3-6,8,15H2,1-2H3,(H2,16,17,18,19). The molecule has 1 aliphatic rings. The first-order chi connectivity index (χ1) is 9.58. The van der Waals surface area contributed by atoms with Gasteiger partial charge in [-0.3, -0.25) is 0 Å². The number of hydrogen-bond acceptors (Lipinski definition) is 6. The highest BCUT2D eigenvalue weighted by Crippen LogP contribution is 2.25. The van der Waals surface area contributed by atoms with Crippen LogP contribution in [-0.2, 0) is 0 Å². The Labute approximate surface area is 120 Å². The molecule has 0 spiro atoms. The van der Waals surface area contributed by atoms with E-state index < -0.39 is 0 Å². The summed E-state index contributed by atoms with van der Waals surface area (Å²) >= 11 is 0. The van der Waals surface area contributed by atoms with Crippen LogP contribution in [0.15, 0.2) is 6.07 Å². The first-order valence-corrected chi connectivity index (χ1v) is 7.36. The van der Waals surface area contributed by atoms with E-state index in [1.807, 2.05) is 6.07 Å². The highest BCUT2D eigenvalue weighted by Gasteiger charge is 2.19. The molecule has 2 rings (SSSR count). The van der Waals surface area contributed by atoms with Crippen LogP contribution in [0.25, 0.3) is 0 Å². The number of aliphatic hydroxyl groups is 1. The maximum atomic E-state index is 9.51. The summed E-state index contributed by atoms with van der Waals surface area (Å²) in [6.07, 6.45) is 3.84. The van der Waals surface area contributed by atoms with Gasteiger partial charge in [0.05, 0.1) is 6.10 Å². The zero-order valence-corrected chi connectivity index (χ0v) is 12.3. The molecule has 20 heavy (non-hydrogen) atoms. The number of nitrogens with two attached hydrogens (primary N) is 1. The van der Waals surface area contributed by atoms with Crippen molar-refractivity contribution in [2.45, 2.75) is 51.6 Å². The van der Waals surface area contributed by atoms with Crippen molar-refractivity contribution < 1.29 is 5.11 Å². The van der Waals surface area contributed by atoms with E-state index in [9.17, 15) is 5.11 Å². The molecule has 1 aromatic rings. The lowest BCUT2D eigenvalue weighted by Crippen LogP contribution is -2.24. The molecule has 1 aliphatic carbocycles. The van der Waals surface area contributed by atoms with E-state index >= 15 is 0 Å². The van der Waals surface area contributed by atoms with Gasteiger partial charge in [0.2, 0.25) is 0 Å². The largest absolute Gasteiger partial charge is 0.393 e. The lowest BCUT2D eigenvalue weighted by Gasteiger charge is -2.25. The molecular formula is C14H25N5O. The number of nitrogen functional groups attached to an aromatic ring is 1. The van der Waals surface area contributed by atoms with Crippen molar-refractivity contribution in [2.24, 2.45) is 11.8 Å². The zero-order valence-electron chi connectivity index (χ0n) is 12.3. The van der Waals surface area contributed by atoms with Crippen LogP contribution in [-0.4, -0.2) is 27.7 Å². The smallest absolute Gasteiger partial charge is 0.145 e. The first-order valence-electron chi connectivity index (χ1n) is 7.36. The minimum atomic E-state index is -0.106. The molecule has 0 unspecified atom stereocenters. The molecule has 1 aromatic heterocycles. The molecular weight excluding hydrogens is 254 g/mol. The van der Waals surface area contributed by atoms with Gasteiger partial charge in [0.15, 0.2) is 0 Å². The van der Waals surface area contributed by atoms with Gasteiger partial charge >= 0.3 is 0 Å². The summed E-state index contributed by atoms with van der Waals surface area (Å²) < 4.78 is 0. The number of hydrazine groups is 1. The average molecular weight is 279 g/mol. The molecule has 5 N–H and O–H groups in total. The summed E-state index contributed by atoms with van der Waals surface area (Å²) in [5.74, 6) is 8.52. The fourth-order valence-electron chi connectivity index (χ4n) is 2.49. The van der Waals surface area contributed by atoms with Crippen molar-refractivity contribution in [1.82, 2.24) is 9.97 Å². The van der Waals surface area contributed by atoms with Gasteiger partial charge in [0.25, 0.3) is 0 Å². The number of nitrogens with zero attached hydrogens (tertiary/aromatic N) is 2. The molecule has 0 amide bonds. The summed E-state index contributed by atoms with van der Waals surface area (Å²) in [6, 6.07) is 1.82. The van der Waals surface area contributed by atoms with Crippen LogP contribution in [0.4, 0.5) is 11.6 Å². The molecule has 1 heterocycles. The maximum absolute atomic E-state index is 9.51. The lowest BCUT2D eigenvalue weighted by molar-refractivity contribution is 0.111. The van der Waals surface area contributed by atoms with Crippen LogP contribution < -0.4 is 16.6 Å². The van der Waals surface area contributed by atoms with Gasteiger partial charge in [-0.25, -0.2) is 15.8 Å². The molecule has 0 atom stereocenters. The van der Waals surface area contributed by atoms with Crippen LogP contribution in [0.3, 0.4) is 0 Å². The minimum Gasteiger partial charge on any atom is -0.393 e. The van der Waals surface area contributed by atoms with Crippen molar-refractivity contribution >= 4 is 11.6 Å².